The molecule has 0 saturated carbocycles. The second-order valence-corrected chi connectivity index (χ2v) is 5.71. The van der Waals surface area contributed by atoms with E-state index in [-0.39, 0.29) is 5.56 Å². The lowest BCUT2D eigenvalue weighted by Crippen LogP contribution is -2.03. The molecule has 0 aliphatic carbocycles. The second-order valence-electron chi connectivity index (χ2n) is 4.25. The van der Waals surface area contributed by atoms with Crippen LogP contribution in [0, 0.1) is 26.6 Å². The Bertz CT molecular complexity index is 629. The Hall–Kier alpha value is -1.68. The standard InChI is InChI=1S/C14H13FO2S/c1-7-4-5-10(14(16)17)13(15)12(7)11-6-8(2)18-9(11)3/h4-6H,1-3H3,(H,16,17). The van der Waals surface area contributed by atoms with Crippen LogP contribution >= 0.6 is 11.3 Å². The van der Waals surface area contributed by atoms with Gasteiger partial charge in [0.05, 0.1) is 5.56 Å². The molecule has 0 atom stereocenters. The van der Waals surface area contributed by atoms with Gasteiger partial charge in [0.2, 0.25) is 0 Å². The van der Waals surface area contributed by atoms with Crippen LogP contribution in [0.25, 0.3) is 11.1 Å². The fraction of sp³-hybridized carbons (Fsp3) is 0.214. The van der Waals surface area contributed by atoms with Crippen molar-refractivity contribution in [3.63, 3.8) is 0 Å². The molecule has 18 heavy (non-hydrogen) atoms. The lowest BCUT2D eigenvalue weighted by Gasteiger charge is -2.09. The van der Waals surface area contributed by atoms with Crippen LogP contribution in [-0.2, 0) is 0 Å². The van der Waals surface area contributed by atoms with Crippen LogP contribution in [0.2, 0.25) is 0 Å². The minimum atomic E-state index is -1.24. The number of hydrogen-bond donors (Lipinski definition) is 1. The molecule has 0 saturated heterocycles. The summed E-state index contributed by atoms with van der Waals surface area (Å²) in [6.07, 6.45) is 0. The summed E-state index contributed by atoms with van der Waals surface area (Å²) in [5.41, 5.74) is 1.66. The maximum Gasteiger partial charge on any atom is 0.338 e. The van der Waals surface area contributed by atoms with Crippen molar-refractivity contribution in [1.29, 1.82) is 0 Å². The van der Waals surface area contributed by atoms with Gasteiger partial charge in [0.1, 0.15) is 5.82 Å². The van der Waals surface area contributed by atoms with E-state index in [4.69, 9.17) is 5.11 Å². The predicted octanol–water partition coefficient (Wildman–Crippen LogP) is 4.18. The van der Waals surface area contributed by atoms with E-state index in [1.54, 1.807) is 24.3 Å². The number of hydrogen-bond acceptors (Lipinski definition) is 2. The van der Waals surface area contributed by atoms with Crippen molar-refractivity contribution in [2.45, 2.75) is 20.8 Å². The van der Waals surface area contributed by atoms with Gasteiger partial charge < -0.3 is 5.11 Å². The van der Waals surface area contributed by atoms with Gasteiger partial charge in [0.25, 0.3) is 0 Å². The highest BCUT2D eigenvalue weighted by molar-refractivity contribution is 7.12. The highest BCUT2D eigenvalue weighted by Gasteiger charge is 2.19. The maximum atomic E-state index is 14.3. The highest BCUT2D eigenvalue weighted by atomic mass is 32.1. The first-order valence-electron chi connectivity index (χ1n) is 5.51. The van der Waals surface area contributed by atoms with Gasteiger partial charge in [-0.15, -0.1) is 11.3 Å². The van der Waals surface area contributed by atoms with Crippen molar-refractivity contribution >= 4 is 17.3 Å². The van der Waals surface area contributed by atoms with Crippen LogP contribution in [0.1, 0.15) is 25.7 Å². The van der Waals surface area contributed by atoms with E-state index in [9.17, 15) is 9.18 Å². The first kappa shape index (κ1) is 12.8. The summed E-state index contributed by atoms with van der Waals surface area (Å²) < 4.78 is 14.3. The third-order valence-corrected chi connectivity index (χ3v) is 3.86. The van der Waals surface area contributed by atoms with E-state index >= 15 is 0 Å². The van der Waals surface area contributed by atoms with Gasteiger partial charge in [-0.2, -0.15) is 0 Å². The third-order valence-electron chi connectivity index (χ3n) is 2.89. The molecular weight excluding hydrogens is 251 g/mol. The molecule has 0 bridgehead atoms. The molecule has 0 fully saturated rings. The smallest absolute Gasteiger partial charge is 0.338 e. The normalized spacial score (nSPS) is 10.7. The van der Waals surface area contributed by atoms with E-state index in [2.05, 4.69) is 0 Å². The molecule has 0 amide bonds. The Balaban J connectivity index is 2.74. The number of rotatable bonds is 2. The van der Waals surface area contributed by atoms with Crippen LogP contribution in [0.3, 0.4) is 0 Å². The molecule has 1 N–H and O–H groups in total. The molecule has 0 aliphatic heterocycles. The monoisotopic (exact) mass is 264 g/mol. The van der Waals surface area contributed by atoms with Gasteiger partial charge in [0.15, 0.2) is 0 Å². The van der Waals surface area contributed by atoms with Crippen LogP contribution in [-0.4, -0.2) is 11.1 Å². The molecule has 94 valence electrons. The summed E-state index contributed by atoms with van der Waals surface area (Å²) in [6.45, 7) is 5.66. The third kappa shape index (κ3) is 2.04. The highest BCUT2D eigenvalue weighted by Crippen LogP contribution is 2.35. The van der Waals surface area contributed by atoms with Crippen molar-refractivity contribution in [2.75, 3.05) is 0 Å². The van der Waals surface area contributed by atoms with Gasteiger partial charge in [0, 0.05) is 15.3 Å². The lowest BCUT2D eigenvalue weighted by molar-refractivity contribution is 0.0692. The summed E-state index contributed by atoms with van der Waals surface area (Å²) in [4.78, 5) is 13.1. The van der Waals surface area contributed by atoms with Crippen molar-refractivity contribution < 1.29 is 14.3 Å². The largest absolute Gasteiger partial charge is 0.478 e. The molecule has 4 heteroatoms. The van der Waals surface area contributed by atoms with E-state index in [0.29, 0.717) is 5.56 Å². The van der Waals surface area contributed by atoms with Crippen molar-refractivity contribution in [3.05, 3.63) is 44.9 Å². The zero-order valence-electron chi connectivity index (χ0n) is 10.4. The number of carboxylic acids is 1. The van der Waals surface area contributed by atoms with E-state index in [1.807, 2.05) is 19.9 Å². The van der Waals surface area contributed by atoms with Gasteiger partial charge >= 0.3 is 5.97 Å². The first-order chi connectivity index (χ1) is 8.41. The molecule has 0 unspecified atom stereocenters. The zero-order valence-corrected chi connectivity index (χ0v) is 11.2. The van der Waals surface area contributed by atoms with E-state index < -0.39 is 11.8 Å². The van der Waals surface area contributed by atoms with Crippen LogP contribution < -0.4 is 0 Å². The zero-order chi connectivity index (χ0) is 13.4. The molecule has 1 aromatic carbocycles. The lowest BCUT2D eigenvalue weighted by atomic mass is 9.97. The fourth-order valence-electron chi connectivity index (χ4n) is 2.05. The Labute approximate surface area is 109 Å². The maximum absolute atomic E-state index is 14.3. The van der Waals surface area contributed by atoms with Gasteiger partial charge in [-0.25, -0.2) is 9.18 Å². The number of benzene rings is 1. The Morgan fingerprint density at radius 1 is 1.28 bits per heavy atom. The average Bonchev–Trinajstić information content (AvgIpc) is 2.57. The fourth-order valence-corrected chi connectivity index (χ4v) is 2.98. The number of thiophene rings is 1. The quantitative estimate of drug-likeness (QED) is 0.883. The number of carboxylic acid groups (broad SMARTS) is 1. The summed E-state index contributed by atoms with van der Waals surface area (Å²) in [5, 5.41) is 8.97. The molecule has 0 radical (unpaired) electrons. The topological polar surface area (TPSA) is 37.3 Å². The second kappa shape index (κ2) is 4.53. The van der Waals surface area contributed by atoms with Crippen molar-refractivity contribution in [3.8, 4) is 11.1 Å². The number of aromatic carboxylic acids is 1. The van der Waals surface area contributed by atoms with Crippen LogP contribution in [0.5, 0.6) is 0 Å². The average molecular weight is 264 g/mol. The molecule has 2 rings (SSSR count). The summed E-state index contributed by atoms with van der Waals surface area (Å²) >= 11 is 1.58. The number of aryl methyl sites for hydroxylation is 3. The van der Waals surface area contributed by atoms with E-state index in [0.717, 1.165) is 20.9 Å². The van der Waals surface area contributed by atoms with Gasteiger partial charge in [-0.3, -0.25) is 0 Å². The molecule has 1 aromatic heterocycles. The Kier molecular flexibility index (Phi) is 3.22. The minimum Gasteiger partial charge on any atom is -0.478 e. The summed E-state index contributed by atoms with van der Waals surface area (Å²) in [6, 6.07) is 4.86. The summed E-state index contributed by atoms with van der Waals surface area (Å²) in [5.74, 6) is -1.89. The molecule has 1 heterocycles. The SMILES string of the molecule is Cc1cc(-c2c(C)ccc(C(=O)O)c2F)c(C)s1. The van der Waals surface area contributed by atoms with Crippen molar-refractivity contribution in [1.82, 2.24) is 0 Å². The molecule has 2 aromatic rings. The van der Waals surface area contributed by atoms with Crippen LogP contribution in [0.4, 0.5) is 4.39 Å². The van der Waals surface area contributed by atoms with Crippen LogP contribution in [0.15, 0.2) is 18.2 Å². The van der Waals surface area contributed by atoms with Gasteiger partial charge in [-0.05, 0) is 44.0 Å². The minimum absolute atomic E-state index is 0.279. The van der Waals surface area contributed by atoms with E-state index in [1.165, 1.54) is 6.07 Å². The number of halogens is 1. The Morgan fingerprint density at radius 2 is 1.94 bits per heavy atom. The number of carbonyl (C=O) groups is 1. The Morgan fingerprint density at radius 3 is 2.44 bits per heavy atom. The molecule has 2 nitrogen and oxygen atoms in total. The molecule has 0 spiro atoms. The van der Waals surface area contributed by atoms with Crippen molar-refractivity contribution in [2.24, 2.45) is 0 Å². The summed E-state index contributed by atoms with van der Waals surface area (Å²) in [7, 11) is 0. The predicted molar refractivity (Wildman–Crippen MR) is 70.9 cm³/mol. The first-order valence-corrected chi connectivity index (χ1v) is 6.33. The molecule has 0 aliphatic rings. The molecular formula is C14H13FO2S. The van der Waals surface area contributed by atoms with Gasteiger partial charge in [-0.1, -0.05) is 6.07 Å².